The lowest BCUT2D eigenvalue weighted by molar-refractivity contribution is 0.344. The Hall–Kier alpha value is -2.01. The zero-order valence-electron chi connectivity index (χ0n) is 10.8. The highest BCUT2D eigenvalue weighted by atomic mass is 32.2. The summed E-state index contributed by atoms with van der Waals surface area (Å²) in [5.41, 5.74) is 6.04. The monoisotopic (exact) mass is 290 g/mol. The zero-order valence-corrected chi connectivity index (χ0v) is 11.6. The molecule has 2 rings (SSSR count). The van der Waals surface area contributed by atoms with Gasteiger partial charge in [0, 0.05) is 16.2 Å². The quantitative estimate of drug-likeness (QED) is 0.371. The standard InChI is InChI=1S/C15H15FN2OS/c16-12-2-1-3-14(10-12)20-9-8-19-13-6-4-11(5-7-13)15(17)18/h1-7,10H,8-9H2,(H3,17,18). The molecule has 0 spiro atoms. The summed E-state index contributed by atoms with van der Waals surface area (Å²) in [5, 5.41) is 7.29. The molecule has 0 aliphatic carbocycles. The van der Waals surface area contributed by atoms with E-state index in [2.05, 4.69) is 0 Å². The van der Waals surface area contributed by atoms with Gasteiger partial charge in [-0.1, -0.05) is 6.07 Å². The fourth-order valence-electron chi connectivity index (χ4n) is 1.61. The lowest BCUT2D eigenvalue weighted by Crippen LogP contribution is -2.10. The van der Waals surface area contributed by atoms with Gasteiger partial charge in [0.15, 0.2) is 0 Å². The van der Waals surface area contributed by atoms with E-state index in [0.29, 0.717) is 12.2 Å². The summed E-state index contributed by atoms with van der Waals surface area (Å²) >= 11 is 1.54. The molecule has 0 aliphatic rings. The fourth-order valence-corrected chi connectivity index (χ4v) is 2.38. The molecule has 0 unspecified atom stereocenters. The van der Waals surface area contributed by atoms with E-state index in [1.807, 2.05) is 6.07 Å². The number of rotatable bonds is 6. The minimum absolute atomic E-state index is 0.0400. The van der Waals surface area contributed by atoms with E-state index in [1.165, 1.54) is 12.1 Å². The largest absolute Gasteiger partial charge is 0.493 e. The number of ether oxygens (including phenoxy) is 1. The summed E-state index contributed by atoms with van der Waals surface area (Å²) in [6.07, 6.45) is 0. The normalized spacial score (nSPS) is 10.2. The SMILES string of the molecule is N=C(N)c1ccc(OCCSc2cccc(F)c2)cc1. The Bertz CT molecular complexity index is 587. The van der Waals surface area contributed by atoms with Gasteiger partial charge in [-0.25, -0.2) is 4.39 Å². The molecule has 0 bridgehead atoms. The molecule has 0 aliphatic heterocycles. The smallest absolute Gasteiger partial charge is 0.124 e. The maximum Gasteiger partial charge on any atom is 0.124 e. The summed E-state index contributed by atoms with van der Waals surface area (Å²) in [5.74, 6) is 1.28. The van der Waals surface area contributed by atoms with Crippen molar-refractivity contribution in [3.8, 4) is 5.75 Å². The van der Waals surface area contributed by atoms with Crippen molar-refractivity contribution in [1.29, 1.82) is 5.41 Å². The minimum atomic E-state index is -0.226. The van der Waals surface area contributed by atoms with Crippen LogP contribution in [0.5, 0.6) is 5.75 Å². The number of amidine groups is 1. The maximum absolute atomic E-state index is 13.0. The lowest BCUT2D eigenvalue weighted by atomic mass is 10.2. The fraction of sp³-hybridized carbons (Fsp3) is 0.133. The van der Waals surface area contributed by atoms with Crippen LogP contribution in [0.4, 0.5) is 4.39 Å². The molecular formula is C15H15FN2OS. The first-order valence-corrected chi connectivity index (χ1v) is 7.09. The molecule has 3 N–H and O–H groups in total. The van der Waals surface area contributed by atoms with Gasteiger partial charge < -0.3 is 10.5 Å². The second-order valence-electron chi connectivity index (χ2n) is 4.09. The van der Waals surface area contributed by atoms with Crippen LogP contribution in [0.2, 0.25) is 0 Å². The molecule has 5 heteroatoms. The first-order valence-electron chi connectivity index (χ1n) is 6.11. The highest BCUT2D eigenvalue weighted by molar-refractivity contribution is 7.99. The summed E-state index contributed by atoms with van der Waals surface area (Å²) in [6.45, 7) is 0.528. The number of nitrogens with two attached hydrogens (primary N) is 1. The third kappa shape index (κ3) is 4.28. The van der Waals surface area contributed by atoms with E-state index in [9.17, 15) is 4.39 Å². The third-order valence-electron chi connectivity index (χ3n) is 2.58. The second-order valence-corrected chi connectivity index (χ2v) is 5.26. The van der Waals surface area contributed by atoms with Gasteiger partial charge in [0.05, 0.1) is 6.61 Å². The minimum Gasteiger partial charge on any atom is -0.493 e. The molecule has 3 nitrogen and oxygen atoms in total. The number of hydrogen-bond donors (Lipinski definition) is 2. The van der Waals surface area contributed by atoms with Crippen LogP contribution in [0.1, 0.15) is 5.56 Å². The van der Waals surface area contributed by atoms with Gasteiger partial charge in [0.25, 0.3) is 0 Å². The molecule has 0 saturated carbocycles. The van der Waals surface area contributed by atoms with E-state index in [1.54, 1.807) is 42.1 Å². The highest BCUT2D eigenvalue weighted by Crippen LogP contribution is 2.19. The predicted octanol–water partition coefficient (Wildman–Crippen LogP) is 3.28. The predicted molar refractivity (Wildman–Crippen MR) is 80.1 cm³/mol. The van der Waals surface area contributed by atoms with Crippen molar-refractivity contribution in [2.75, 3.05) is 12.4 Å². The zero-order chi connectivity index (χ0) is 14.4. The number of hydrogen-bond acceptors (Lipinski definition) is 3. The van der Waals surface area contributed by atoms with Crippen LogP contribution in [0.15, 0.2) is 53.4 Å². The van der Waals surface area contributed by atoms with Gasteiger partial charge in [-0.15, -0.1) is 11.8 Å². The molecule has 0 fully saturated rings. The van der Waals surface area contributed by atoms with Gasteiger partial charge in [0.1, 0.15) is 17.4 Å². The van der Waals surface area contributed by atoms with Crippen LogP contribution in [-0.4, -0.2) is 18.2 Å². The molecule has 0 amide bonds. The van der Waals surface area contributed by atoms with Crippen molar-refractivity contribution >= 4 is 17.6 Å². The van der Waals surface area contributed by atoms with Crippen LogP contribution in [-0.2, 0) is 0 Å². The molecule has 0 atom stereocenters. The van der Waals surface area contributed by atoms with Gasteiger partial charge in [-0.05, 0) is 42.5 Å². The van der Waals surface area contributed by atoms with Crippen molar-refractivity contribution < 1.29 is 9.13 Å². The summed E-state index contributed by atoms with van der Waals surface area (Å²) in [7, 11) is 0. The molecule has 0 heterocycles. The number of thioether (sulfide) groups is 1. The van der Waals surface area contributed by atoms with E-state index in [0.717, 1.165) is 16.4 Å². The van der Waals surface area contributed by atoms with E-state index < -0.39 is 0 Å². The highest BCUT2D eigenvalue weighted by Gasteiger charge is 1.99. The maximum atomic E-state index is 13.0. The average molecular weight is 290 g/mol. The average Bonchev–Trinajstić information content (AvgIpc) is 2.44. The van der Waals surface area contributed by atoms with Gasteiger partial charge in [-0.2, -0.15) is 0 Å². The van der Waals surface area contributed by atoms with E-state index in [4.69, 9.17) is 15.9 Å². The first-order chi connectivity index (χ1) is 9.65. The Balaban J connectivity index is 1.77. The van der Waals surface area contributed by atoms with Crippen LogP contribution < -0.4 is 10.5 Å². The van der Waals surface area contributed by atoms with Crippen LogP contribution in [0, 0.1) is 11.2 Å². The Labute approximate surface area is 121 Å². The number of nitrogens with one attached hydrogen (secondary N) is 1. The molecular weight excluding hydrogens is 275 g/mol. The summed E-state index contributed by atoms with van der Waals surface area (Å²) in [4.78, 5) is 0.889. The Morgan fingerprint density at radius 1 is 1.20 bits per heavy atom. The molecule has 2 aromatic rings. The Morgan fingerprint density at radius 3 is 2.60 bits per heavy atom. The topological polar surface area (TPSA) is 59.1 Å². The van der Waals surface area contributed by atoms with Crippen molar-refractivity contribution in [3.05, 3.63) is 59.9 Å². The van der Waals surface area contributed by atoms with Crippen molar-refractivity contribution in [2.24, 2.45) is 5.73 Å². The number of halogens is 1. The van der Waals surface area contributed by atoms with Crippen molar-refractivity contribution in [1.82, 2.24) is 0 Å². The molecule has 20 heavy (non-hydrogen) atoms. The van der Waals surface area contributed by atoms with Crippen LogP contribution in [0.25, 0.3) is 0 Å². The van der Waals surface area contributed by atoms with E-state index in [-0.39, 0.29) is 11.7 Å². The third-order valence-corrected chi connectivity index (χ3v) is 3.54. The van der Waals surface area contributed by atoms with Crippen molar-refractivity contribution in [3.63, 3.8) is 0 Å². The molecule has 0 radical (unpaired) electrons. The molecule has 104 valence electrons. The summed E-state index contributed by atoms with van der Waals surface area (Å²) in [6, 6.07) is 13.6. The Kier molecular flexibility index (Phi) is 5.01. The summed E-state index contributed by atoms with van der Waals surface area (Å²) < 4.78 is 18.5. The molecule has 0 saturated heterocycles. The molecule has 2 aromatic carbocycles. The Morgan fingerprint density at radius 2 is 1.95 bits per heavy atom. The number of benzene rings is 2. The van der Waals surface area contributed by atoms with Gasteiger partial charge in [-0.3, -0.25) is 5.41 Å². The van der Waals surface area contributed by atoms with Gasteiger partial charge >= 0.3 is 0 Å². The van der Waals surface area contributed by atoms with Crippen LogP contribution in [0.3, 0.4) is 0 Å². The van der Waals surface area contributed by atoms with Gasteiger partial charge in [0.2, 0.25) is 0 Å². The number of nitrogen functional groups attached to an aromatic ring is 1. The van der Waals surface area contributed by atoms with E-state index >= 15 is 0 Å². The first kappa shape index (κ1) is 14.4. The molecule has 0 aromatic heterocycles. The lowest BCUT2D eigenvalue weighted by Gasteiger charge is -2.07. The second kappa shape index (κ2) is 6.96. The van der Waals surface area contributed by atoms with Crippen molar-refractivity contribution in [2.45, 2.75) is 4.90 Å². The van der Waals surface area contributed by atoms with Crippen LogP contribution >= 0.6 is 11.8 Å².